The molecule has 0 N–H and O–H groups in total. The van der Waals surface area contributed by atoms with Crippen molar-refractivity contribution in [2.45, 2.75) is 19.8 Å². The van der Waals surface area contributed by atoms with E-state index >= 15 is 0 Å². The van der Waals surface area contributed by atoms with E-state index in [0.717, 1.165) is 11.1 Å². The zero-order valence-electron chi connectivity index (χ0n) is 7.44. The fourth-order valence-electron chi connectivity index (χ4n) is 1.20. The number of hydrogen-bond acceptors (Lipinski definition) is 1. The van der Waals surface area contributed by atoms with E-state index in [2.05, 4.69) is 6.07 Å². The summed E-state index contributed by atoms with van der Waals surface area (Å²) in [5, 5.41) is 9.79. The molecule has 13 heavy (non-hydrogen) atoms. The van der Waals surface area contributed by atoms with Crippen LogP contribution in [0.2, 0.25) is 10.0 Å². The number of benzene rings is 1. The monoisotopic (exact) mass is 213 g/mol. The summed E-state index contributed by atoms with van der Waals surface area (Å²) >= 11 is 11.7. The molecule has 0 amide bonds. The Morgan fingerprint density at radius 3 is 2.38 bits per heavy atom. The van der Waals surface area contributed by atoms with Gasteiger partial charge in [0, 0.05) is 0 Å². The molecule has 0 aromatic heterocycles. The lowest BCUT2D eigenvalue weighted by Gasteiger charge is -2.08. The largest absolute Gasteiger partial charge is 0.198 e. The minimum absolute atomic E-state index is 0.144. The lowest BCUT2D eigenvalue weighted by Crippen LogP contribution is -1.93. The molecule has 0 aliphatic rings. The fraction of sp³-hybridized carbons (Fsp3) is 0.300. The molecular weight excluding hydrogens is 205 g/mol. The molecule has 1 atom stereocenters. The summed E-state index contributed by atoms with van der Waals surface area (Å²) in [5.74, 6) is -0.144. The highest BCUT2D eigenvalue weighted by atomic mass is 35.5. The number of rotatable bonds is 1. The Morgan fingerprint density at radius 2 is 1.85 bits per heavy atom. The maximum absolute atomic E-state index is 8.75. The number of aryl methyl sites for hydroxylation is 1. The van der Waals surface area contributed by atoms with Crippen LogP contribution in [0, 0.1) is 18.3 Å². The number of halogens is 2. The molecule has 0 aliphatic heterocycles. The minimum Gasteiger partial charge on any atom is -0.198 e. The smallest absolute Gasteiger partial charge is 0.0701 e. The average Bonchev–Trinajstić information content (AvgIpc) is 2.10. The van der Waals surface area contributed by atoms with Crippen LogP contribution in [0.1, 0.15) is 24.0 Å². The summed E-state index contributed by atoms with van der Waals surface area (Å²) in [7, 11) is 0. The SMILES string of the molecule is Cc1cc(Cl)c(Cl)cc1C(C)C#N. The highest BCUT2D eigenvalue weighted by molar-refractivity contribution is 6.42. The first kappa shape index (κ1) is 10.4. The van der Waals surface area contributed by atoms with Crippen LogP contribution < -0.4 is 0 Å². The Balaban J connectivity index is 3.25. The van der Waals surface area contributed by atoms with E-state index in [0.29, 0.717) is 10.0 Å². The molecule has 68 valence electrons. The second kappa shape index (κ2) is 4.00. The fourth-order valence-corrected chi connectivity index (χ4v) is 1.59. The second-order valence-corrected chi connectivity index (χ2v) is 3.79. The van der Waals surface area contributed by atoms with E-state index in [1.807, 2.05) is 13.8 Å². The van der Waals surface area contributed by atoms with Gasteiger partial charge in [-0.1, -0.05) is 23.2 Å². The molecular formula is C10H9Cl2N. The van der Waals surface area contributed by atoms with Gasteiger partial charge in [-0.25, -0.2) is 0 Å². The van der Waals surface area contributed by atoms with Gasteiger partial charge in [-0.15, -0.1) is 0 Å². The Hall–Kier alpha value is -0.710. The lowest BCUT2D eigenvalue weighted by atomic mass is 9.98. The van der Waals surface area contributed by atoms with Crippen LogP contribution in [0.25, 0.3) is 0 Å². The number of nitrogens with zero attached hydrogens (tertiary/aromatic N) is 1. The molecule has 0 radical (unpaired) electrons. The second-order valence-electron chi connectivity index (χ2n) is 2.97. The van der Waals surface area contributed by atoms with Crippen molar-refractivity contribution in [2.24, 2.45) is 0 Å². The first-order chi connectivity index (χ1) is 6.06. The third-order valence-electron chi connectivity index (χ3n) is 1.97. The van der Waals surface area contributed by atoms with Crippen LogP contribution >= 0.6 is 23.2 Å². The standard InChI is InChI=1S/C10H9Cl2N/c1-6-3-9(11)10(12)4-8(6)7(2)5-13/h3-4,7H,1-2H3. The highest BCUT2D eigenvalue weighted by Gasteiger charge is 2.09. The van der Waals surface area contributed by atoms with Gasteiger partial charge in [0.2, 0.25) is 0 Å². The van der Waals surface area contributed by atoms with Crippen LogP contribution in [0.5, 0.6) is 0 Å². The third-order valence-corrected chi connectivity index (χ3v) is 2.69. The summed E-state index contributed by atoms with van der Waals surface area (Å²) in [6.45, 7) is 3.76. The quantitative estimate of drug-likeness (QED) is 0.694. The summed E-state index contributed by atoms with van der Waals surface area (Å²) in [6.07, 6.45) is 0. The topological polar surface area (TPSA) is 23.8 Å². The molecule has 1 nitrogen and oxygen atoms in total. The van der Waals surface area contributed by atoms with Crippen molar-refractivity contribution in [3.8, 4) is 6.07 Å². The summed E-state index contributed by atoms with van der Waals surface area (Å²) in [5.41, 5.74) is 1.94. The van der Waals surface area contributed by atoms with Crippen molar-refractivity contribution >= 4 is 23.2 Å². The highest BCUT2D eigenvalue weighted by Crippen LogP contribution is 2.29. The van der Waals surface area contributed by atoms with Gasteiger partial charge in [0.1, 0.15) is 0 Å². The van der Waals surface area contributed by atoms with Gasteiger partial charge in [0.05, 0.1) is 22.0 Å². The molecule has 0 fully saturated rings. The normalized spacial score (nSPS) is 12.2. The van der Waals surface area contributed by atoms with Crippen LogP contribution in [-0.2, 0) is 0 Å². The van der Waals surface area contributed by atoms with Crippen LogP contribution in [0.4, 0.5) is 0 Å². The Bertz CT molecular complexity index is 366. The van der Waals surface area contributed by atoms with E-state index in [9.17, 15) is 0 Å². The first-order valence-electron chi connectivity index (χ1n) is 3.91. The minimum atomic E-state index is -0.144. The van der Waals surface area contributed by atoms with E-state index in [-0.39, 0.29) is 5.92 Å². The Kier molecular flexibility index (Phi) is 3.19. The molecule has 0 bridgehead atoms. The zero-order valence-corrected chi connectivity index (χ0v) is 8.95. The predicted molar refractivity (Wildman–Crippen MR) is 55.2 cm³/mol. The number of hydrogen-bond donors (Lipinski definition) is 0. The molecule has 3 heteroatoms. The van der Waals surface area contributed by atoms with Crippen molar-refractivity contribution in [3.05, 3.63) is 33.3 Å². The van der Waals surface area contributed by atoms with Gasteiger partial charge in [-0.3, -0.25) is 0 Å². The molecule has 0 saturated carbocycles. The van der Waals surface area contributed by atoms with Crippen molar-refractivity contribution < 1.29 is 0 Å². The average molecular weight is 214 g/mol. The first-order valence-corrected chi connectivity index (χ1v) is 4.67. The maximum Gasteiger partial charge on any atom is 0.0701 e. The molecule has 1 aromatic rings. The van der Waals surface area contributed by atoms with Gasteiger partial charge in [0.25, 0.3) is 0 Å². The molecule has 0 saturated heterocycles. The van der Waals surface area contributed by atoms with E-state index in [1.54, 1.807) is 12.1 Å². The van der Waals surface area contributed by atoms with E-state index in [1.165, 1.54) is 0 Å². The van der Waals surface area contributed by atoms with E-state index in [4.69, 9.17) is 28.5 Å². The van der Waals surface area contributed by atoms with Gasteiger partial charge < -0.3 is 0 Å². The molecule has 0 aliphatic carbocycles. The summed E-state index contributed by atoms with van der Waals surface area (Å²) in [6, 6.07) is 5.71. The van der Waals surface area contributed by atoms with Crippen LogP contribution in [-0.4, -0.2) is 0 Å². The van der Waals surface area contributed by atoms with Gasteiger partial charge in [-0.05, 0) is 37.1 Å². The van der Waals surface area contributed by atoms with Gasteiger partial charge in [-0.2, -0.15) is 5.26 Å². The van der Waals surface area contributed by atoms with Crippen LogP contribution in [0.15, 0.2) is 12.1 Å². The molecule has 0 heterocycles. The molecule has 1 rings (SSSR count). The lowest BCUT2D eigenvalue weighted by molar-refractivity contribution is 0.966. The van der Waals surface area contributed by atoms with E-state index < -0.39 is 0 Å². The number of nitriles is 1. The maximum atomic E-state index is 8.75. The summed E-state index contributed by atoms with van der Waals surface area (Å²) in [4.78, 5) is 0. The van der Waals surface area contributed by atoms with Crippen LogP contribution in [0.3, 0.4) is 0 Å². The van der Waals surface area contributed by atoms with Crippen molar-refractivity contribution in [2.75, 3.05) is 0 Å². The van der Waals surface area contributed by atoms with Crippen molar-refractivity contribution in [1.29, 1.82) is 5.26 Å². The van der Waals surface area contributed by atoms with Gasteiger partial charge >= 0.3 is 0 Å². The van der Waals surface area contributed by atoms with Crippen molar-refractivity contribution in [3.63, 3.8) is 0 Å². The Labute approximate surface area is 87.9 Å². The summed E-state index contributed by atoms with van der Waals surface area (Å²) < 4.78 is 0. The van der Waals surface area contributed by atoms with Crippen molar-refractivity contribution in [1.82, 2.24) is 0 Å². The zero-order chi connectivity index (χ0) is 10.0. The molecule has 0 spiro atoms. The molecule has 1 unspecified atom stereocenters. The predicted octanol–water partition coefficient (Wildman–Crippen LogP) is 3.93. The van der Waals surface area contributed by atoms with Gasteiger partial charge in [0.15, 0.2) is 0 Å². The Morgan fingerprint density at radius 1 is 1.31 bits per heavy atom. The molecule has 1 aromatic carbocycles. The third kappa shape index (κ3) is 2.15.